The Hall–Kier alpha value is -1.03. The van der Waals surface area contributed by atoms with Gasteiger partial charge >= 0.3 is 0 Å². The fraction of sp³-hybridized carbons (Fsp3) is 0.727. The highest BCUT2D eigenvalue weighted by molar-refractivity contribution is 5.31. The highest BCUT2D eigenvalue weighted by atomic mass is 16.5. The molecule has 1 unspecified atom stereocenters. The zero-order valence-corrected chi connectivity index (χ0v) is 10.3. The number of ether oxygens (including phenoxy) is 1. The molecule has 0 aromatic carbocycles. The highest BCUT2D eigenvalue weighted by Crippen LogP contribution is 2.21. The lowest BCUT2D eigenvalue weighted by Gasteiger charge is -2.12. The average molecular weight is 211 g/mol. The Balaban J connectivity index is 2.57. The van der Waals surface area contributed by atoms with Crippen LogP contribution < -0.4 is 10.1 Å². The summed E-state index contributed by atoms with van der Waals surface area (Å²) in [4.78, 5) is 0. The first kappa shape index (κ1) is 12.0. The summed E-state index contributed by atoms with van der Waals surface area (Å²) in [6.45, 7) is 7.87. The monoisotopic (exact) mass is 211 g/mol. The Morgan fingerprint density at radius 2 is 2.13 bits per heavy atom. The fourth-order valence-electron chi connectivity index (χ4n) is 1.60. The Morgan fingerprint density at radius 1 is 1.47 bits per heavy atom. The molecule has 0 aliphatic rings. The van der Waals surface area contributed by atoms with Crippen molar-refractivity contribution in [1.29, 1.82) is 0 Å². The molecule has 0 saturated heterocycles. The summed E-state index contributed by atoms with van der Waals surface area (Å²) in [5.41, 5.74) is 2.05. The molecule has 1 aromatic rings. The second-order valence-corrected chi connectivity index (χ2v) is 4.10. The largest absolute Gasteiger partial charge is 0.489 e. The van der Waals surface area contributed by atoms with Gasteiger partial charge in [0.25, 0.3) is 0 Å². The van der Waals surface area contributed by atoms with Gasteiger partial charge in [0.1, 0.15) is 5.69 Å². The van der Waals surface area contributed by atoms with Crippen LogP contribution in [-0.2, 0) is 7.05 Å². The molecule has 15 heavy (non-hydrogen) atoms. The van der Waals surface area contributed by atoms with Gasteiger partial charge in [0.2, 0.25) is 0 Å². The Kier molecular flexibility index (Phi) is 4.15. The van der Waals surface area contributed by atoms with E-state index >= 15 is 0 Å². The molecule has 0 amide bonds. The van der Waals surface area contributed by atoms with Crippen LogP contribution in [0.3, 0.4) is 0 Å². The summed E-state index contributed by atoms with van der Waals surface area (Å²) in [6.07, 6.45) is 0. The summed E-state index contributed by atoms with van der Waals surface area (Å²) in [6, 6.07) is 0. The number of aromatic nitrogens is 2. The molecule has 4 nitrogen and oxygen atoms in total. The summed E-state index contributed by atoms with van der Waals surface area (Å²) < 4.78 is 7.63. The number of nitrogens with zero attached hydrogens (tertiary/aromatic N) is 2. The molecule has 4 heteroatoms. The molecule has 0 aliphatic heterocycles. The second-order valence-electron chi connectivity index (χ2n) is 4.10. The summed E-state index contributed by atoms with van der Waals surface area (Å²) in [5, 5.41) is 7.45. The van der Waals surface area contributed by atoms with Gasteiger partial charge in [0.15, 0.2) is 5.75 Å². The molecule has 0 aliphatic carbocycles. The van der Waals surface area contributed by atoms with Gasteiger partial charge in [-0.05, 0) is 20.9 Å². The highest BCUT2D eigenvalue weighted by Gasteiger charge is 2.11. The molecule has 0 fully saturated rings. The van der Waals surface area contributed by atoms with E-state index < -0.39 is 0 Å². The number of nitrogens with one attached hydrogen (secondary N) is 1. The zero-order chi connectivity index (χ0) is 11.4. The van der Waals surface area contributed by atoms with Crippen LogP contribution in [0.2, 0.25) is 0 Å². The van der Waals surface area contributed by atoms with Crippen molar-refractivity contribution in [3.63, 3.8) is 0 Å². The second kappa shape index (κ2) is 5.16. The lowest BCUT2D eigenvalue weighted by atomic mass is 10.2. The number of aryl methyl sites for hydroxylation is 2. The maximum absolute atomic E-state index is 5.78. The molecular formula is C11H21N3O. The summed E-state index contributed by atoms with van der Waals surface area (Å²) in [5.74, 6) is 1.44. The van der Waals surface area contributed by atoms with Gasteiger partial charge in [-0.1, -0.05) is 6.92 Å². The summed E-state index contributed by atoms with van der Waals surface area (Å²) in [7, 11) is 3.89. The molecule has 1 N–H and O–H groups in total. The molecular weight excluding hydrogens is 190 g/mol. The van der Waals surface area contributed by atoms with Crippen molar-refractivity contribution in [1.82, 2.24) is 15.1 Å². The Labute approximate surface area is 91.6 Å². The molecule has 0 spiro atoms. The topological polar surface area (TPSA) is 39.1 Å². The quantitative estimate of drug-likeness (QED) is 0.797. The standard InChI is InChI=1S/C11H21N3O/c1-8(6-12-4)7-15-11-9(2)13-14(5)10(11)3/h8,12H,6-7H2,1-5H3. The van der Waals surface area contributed by atoms with Crippen molar-refractivity contribution in [3.05, 3.63) is 11.4 Å². The van der Waals surface area contributed by atoms with E-state index in [-0.39, 0.29) is 0 Å². The van der Waals surface area contributed by atoms with Gasteiger partial charge < -0.3 is 10.1 Å². The fourth-order valence-corrected chi connectivity index (χ4v) is 1.60. The number of hydrogen-bond donors (Lipinski definition) is 1. The maximum atomic E-state index is 5.78. The third-order valence-corrected chi connectivity index (χ3v) is 2.51. The molecule has 1 aromatic heterocycles. The number of hydrogen-bond acceptors (Lipinski definition) is 3. The van der Waals surface area contributed by atoms with E-state index in [0.29, 0.717) is 5.92 Å². The van der Waals surface area contributed by atoms with Gasteiger partial charge in [-0.15, -0.1) is 0 Å². The minimum absolute atomic E-state index is 0.508. The van der Waals surface area contributed by atoms with Crippen molar-refractivity contribution in [2.75, 3.05) is 20.2 Å². The molecule has 1 atom stereocenters. The van der Waals surface area contributed by atoms with Gasteiger partial charge in [0.05, 0.1) is 12.3 Å². The normalized spacial score (nSPS) is 12.9. The van der Waals surface area contributed by atoms with E-state index in [4.69, 9.17) is 4.74 Å². The van der Waals surface area contributed by atoms with Gasteiger partial charge in [0, 0.05) is 19.5 Å². The minimum Gasteiger partial charge on any atom is -0.489 e. The Bertz CT molecular complexity index is 320. The van der Waals surface area contributed by atoms with Crippen molar-refractivity contribution < 1.29 is 4.74 Å². The third kappa shape index (κ3) is 2.96. The first-order valence-corrected chi connectivity index (χ1v) is 5.33. The predicted octanol–water partition coefficient (Wildman–Crippen LogP) is 1.27. The van der Waals surface area contributed by atoms with Crippen molar-refractivity contribution >= 4 is 0 Å². The smallest absolute Gasteiger partial charge is 0.162 e. The van der Waals surface area contributed by atoms with E-state index in [0.717, 1.165) is 30.3 Å². The van der Waals surface area contributed by atoms with Crippen LogP contribution in [-0.4, -0.2) is 30.0 Å². The lowest BCUT2D eigenvalue weighted by molar-refractivity contribution is 0.255. The first-order valence-electron chi connectivity index (χ1n) is 5.33. The average Bonchev–Trinajstić information content (AvgIpc) is 2.40. The van der Waals surface area contributed by atoms with Gasteiger partial charge in [-0.25, -0.2) is 0 Å². The third-order valence-electron chi connectivity index (χ3n) is 2.51. The molecule has 0 bridgehead atoms. The van der Waals surface area contributed by atoms with Crippen LogP contribution in [0.5, 0.6) is 5.75 Å². The van der Waals surface area contributed by atoms with E-state index in [2.05, 4.69) is 17.3 Å². The Morgan fingerprint density at radius 3 is 2.60 bits per heavy atom. The number of rotatable bonds is 5. The van der Waals surface area contributed by atoms with E-state index in [1.807, 2.05) is 32.6 Å². The molecule has 0 radical (unpaired) electrons. The van der Waals surface area contributed by atoms with Gasteiger partial charge in [-0.3, -0.25) is 4.68 Å². The predicted molar refractivity (Wildman–Crippen MR) is 61.3 cm³/mol. The summed E-state index contributed by atoms with van der Waals surface area (Å²) >= 11 is 0. The van der Waals surface area contributed by atoms with Crippen LogP contribution >= 0.6 is 0 Å². The van der Waals surface area contributed by atoms with Crippen LogP contribution in [0, 0.1) is 19.8 Å². The van der Waals surface area contributed by atoms with Crippen molar-refractivity contribution in [2.45, 2.75) is 20.8 Å². The first-order chi connectivity index (χ1) is 7.06. The maximum Gasteiger partial charge on any atom is 0.162 e. The SMILES string of the molecule is CNCC(C)COc1c(C)nn(C)c1C. The molecule has 1 heterocycles. The van der Waals surface area contributed by atoms with E-state index in [9.17, 15) is 0 Å². The molecule has 86 valence electrons. The van der Waals surface area contributed by atoms with Crippen LogP contribution in [0.1, 0.15) is 18.3 Å². The molecule has 0 saturated carbocycles. The van der Waals surface area contributed by atoms with E-state index in [1.54, 1.807) is 0 Å². The van der Waals surface area contributed by atoms with Gasteiger partial charge in [-0.2, -0.15) is 5.10 Å². The lowest BCUT2D eigenvalue weighted by Crippen LogP contribution is -2.21. The van der Waals surface area contributed by atoms with E-state index in [1.165, 1.54) is 0 Å². The zero-order valence-electron chi connectivity index (χ0n) is 10.3. The van der Waals surface area contributed by atoms with Crippen LogP contribution in [0.15, 0.2) is 0 Å². The van der Waals surface area contributed by atoms with Crippen molar-refractivity contribution in [3.8, 4) is 5.75 Å². The van der Waals surface area contributed by atoms with Crippen LogP contribution in [0.4, 0.5) is 0 Å². The molecule has 1 rings (SSSR count). The van der Waals surface area contributed by atoms with Crippen molar-refractivity contribution in [2.24, 2.45) is 13.0 Å². The van der Waals surface area contributed by atoms with Crippen LogP contribution in [0.25, 0.3) is 0 Å². The minimum atomic E-state index is 0.508.